The fourth-order valence-electron chi connectivity index (χ4n) is 3.88. The number of halogens is 1. The van der Waals surface area contributed by atoms with E-state index in [1.807, 2.05) is 4.90 Å². The zero-order chi connectivity index (χ0) is 18.7. The summed E-state index contributed by atoms with van der Waals surface area (Å²) in [6.45, 7) is 4.18. The van der Waals surface area contributed by atoms with Crippen LogP contribution in [0.3, 0.4) is 0 Å². The molecule has 1 aliphatic heterocycles. The van der Waals surface area contributed by atoms with Crippen molar-refractivity contribution in [2.45, 2.75) is 56.0 Å². The summed E-state index contributed by atoms with van der Waals surface area (Å²) in [6, 6.07) is 6.75. The summed E-state index contributed by atoms with van der Waals surface area (Å²) in [5.74, 6) is -0.0390. The highest BCUT2D eigenvalue weighted by Crippen LogP contribution is 2.26. The van der Waals surface area contributed by atoms with Gasteiger partial charge in [0.1, 0.15) is 0 Å². The van der Waals surface area contributed by atoms with Crippen molar-refractivity contribution < 1.29 is 13.2 Å². The van der Waals surface area contributed by atoms with E-state index in [-0.39, 0.29) is 35.3 Å². The number of benzene rings is 1. The van der Waals surface area contributed by atoms with Gasteiger partial charge in [-0.15, -0.1) is 12.4 Å². The van der Waals surface area contributed by atoms with Gasteiger partial charge < -0.3 is 10.2 Å². The second-order valence-electron chi connectivity index (χ2n) is 7.44. The molecule has 1 aliphatic carbocycles. The average Bonchev–Trinajstić information content (AvgIpc) is 2.67. The van der Waals surface area contributed by atoms with Gasteiger partial charge in [0.2, 0.25) is 10.0 Å². The fraction of sp³-hybridized carbons (Fsp3) is 0.632. The Balaban J connectivity index is 0.00000261. The zero-order valence-electron chi connectivity index (χ0n) is 16.1. The summed E-state index contributed by atoms with van der Waals surface area (Å²) in [5.41, 5.74) is 0.540. The molecule has 152 valence electrons. The molecule has 1 N–H and O–H groups in total. The quantitative estimate of drug-likeness (QED) is 0.820. The second kappa shape index (κ2) is 9.37. The lowest BCUT2D eigenvalue weighted by molar-refractivity contribution is 0.0709. The Labute approximate surface area is 168 Å². The highest BCUT2D eigenvalue weighted by Gasteiger charge is 2.29. The zero-order valence-corrected chi connectivity index (χ0v) is 17.7. The van der Waals surface area contributed by atoms with Crippen molar-refractivity contribution in [1.29, 1.82) is 0 Å². The monoisotopic (exact) mass is 415 g/mol. The smallest absolute Gasteiger partial charge is 0.253 e. The summed E-state index contributed by atoms with van der Waals surface area (Å²) in [4.78, 5) is 14.7. The predicted molar refractivity (Wildman–Crippen MR) is 109 cm³/mol. The van der Waals surface area contributed by atoms with Crippen LogP contribution in [0.25, 0.3) is 0 Å². The van der Waals surface area contributed by atoms with Crippen LogP contribution in [0, 0.1) is 0 Å². The minimum Gasteiger partial charge on any atom is -0.336 e. The molecule has 3 rings (SSSR count). The van der Waals surface area contributed by atoms with Crippen molar-refractivity contribution in [3.05, 3.63) is 29.8 Å². The van der Waals surface area contributed by atoms with Gasteiger partial charge in [0.15, 0.2) is 0 Å². The molecule has 1 saturated carbocycles. The van der Waals surface area contributed by atoms with E-state index >= 15 is 0 Å². The Morgan fingerprint density at radius 2 is 1.78 bits per heavy atom. The van der Waals surface area contributed by atoms with E-state index in [2.05, 4.69) is 12.2 Å². The minimum absolute atomic E-state index is 0. The molecule has 0 aromatic heterocycles. The lowest BCUT2D eigenvalue weighted by atomic mass is 9.96. The summed E-state index contributed by atoms with van der Waals surface area (Å²) < 4.78 is 27.3. The largest absolute Gasteiger partial charge is 0.336 e. The molecule has 0 radical (unpaired) electrons. The van der Waals surface area contributed by atoms with E-state index in [9.17, 15) is 13.2 Å². The van der Waals surface area contributed by atoms with Crippen LogP contribution in [0.15, 0.2) is 29.2 Å². The lowest BCUT2D eigenvalue weighted by Crippen LogP contribution is -2.51. The molecule has 2 aliphatic rings. The van der Waals surface area contributed by atoms with Gasteiger partial charge >= 0.3 is 0 Å². The van der Waals surface area contributed by atoms with Crippen LogP contribution in [0.1, 0.15) is 49.4 Å². The van der Waals surface area contributed by atoms with Crippen molar-refractivity contribution in [2.75, 3.05) is 26.7 Å². The van der Waals surface area contributed by atoms with E-state index < -0.39 is 10.0 Å². The number of sulfonamides is 1. The van der Waals surface area contributed by atoms with Crippen LogP contribution in [0.5, 0.6) is 0 Å². The number of piperazine rings is 1. The van der Waals surface area contributed by atoms with Crippen LogP contribution in [-0.4, -0.2) is 62.3 Å². The first-order valence-corrected chi connectivity index (χ1v) is 10.9. The van der Waals surface area contributed by atoms with Gasteiger partial charge in [-0.25, -0.2) is 8.42 Å². The number of nitrogens with zero attached hydrogens (tertiary/aromatic N) is 2. The maximum absolute atomic E-state index is 12.9. The lowest BCUT2D eigenvalue weighted by Gasteiger charge is -2.32. The van der Waals surface area contributed by atoms with E-state index in [0.717, 1.165) is 32.2 Å². The molecule has 1 amide bonds. The highest BCUT2D eigenvalue weighted by molar-refractivity contribution is 7.89. The van der Waals surface area contributed by atoms with Gasteiger partial charge in [-0.2, -0.15) is 4.31 Å². The number of carbonyl (C=O) groups is 1. The number of amides is 1. The van der Waals surface area contributed by atoms with Crippen LogP contribution in [-0.2, 0) is 10.0 Å². The van der Waals surface area contributed by atoms with E-state index in [1.54, 1.807) is 31.3 Å². The third-order valence-electron chi connectivity index (χ3n) is 5.52. The van der Waals surface area contributed by atoms with Crippen molar-refractivity contribution in [3.8, 4) is 0 Å². The Bertz CT molecular complexity index is 733. The number of hydrogen-bond acceptors (Lipinski definition) is 4. The standard InChI is InChI=1S/C19H29N3O3S.ClH/c1-15-14-22(13-12-20-15)19(23)16-8-10-18(11-9-16)26(24,25)21(2)17-6-4-3-5-7-17;/h8-11,15,17,20H,3-7,12-14H2,1-2H3;1H. The van der Waals surface area contributed by atoms with Gasteiger partial charge in [0, 0.05) is 44.3 Å². The van der Waals surface area contributed by atoms with Crippen molar-refractivity contribution >= 4 is 28.3 Å². The van der Waals surface area contributed by atoms with Gasteiger partial charge in [-0.3, -0.25) is 4.79 Å². The molecule has 1 aromatic carbocycles. The Morgan fingerprint density at radius 1 is 1.15 bits per heavy atom. The van der Waals surface area contributed by atoms with Crippen LogP contribution in [0.2, 0.25) is 0 Å². The maximum atomic E-state index is 12.9. The van der Waals surface area contributed by atoms with E-state index in [4.69, 9.17) is 0 Å². The molecular weight excluding hydrogens is 386 g/mol. The molecule has 1 atom stereocenters. The SMILES string of the molecule is CC1CN(C(=O)c2ccc(S(=O)(=O)N(C)C3CCCCC3)cc2)CCN1.Cl. The molecular formula is C19H30ClN3O3S. The normalized spacial score (nSPS) is 21.7. The van der Waals surface area contributed by atoms with Crippen molar-refractivity contribution in [3.63, 3.8) is 0 Å². The number of rotatable bonds is 4. The summed E-state index contributed by atoms with van der Waals surface area (Å²) in [7, 11) is -1.84. The average molecular weight is 416 g/mol. The first kappa shape index (κ1) is 22.1. The van der Waals surface area contributed by atoms with Crippen LogP contribution in [0.4, 0.5) is 0 Å². The summed E-state index contributed by atoms with van der Waals surface area (Å²) in [6.07, 6.45) is 5.20. The van der Waals surface area contributed by atoms with Crippen molar-refractivity contribution in [1.82, 2.24) is 14.5 Å². The molecule has 6 nitrogen and oxygen atoms in total. The van der Waals surface area contributed by atoms with E-state index in [0.29, 0.717) is 18.7 Å². The first-order chi connectivity index (χ1) is 12.4. The summed E-state index contributed by atoms with van der Waals surface area (Å²) >= 11 is 0. The first-order valence-electron chi connectivity index (χ1n) is 9.50. The Hall–Kier alpha value is -1.15. The predicted octanol–water partition coefficient (Wildman–Crippen LogP) is 2.50. The highest BCUT2D eigenvalue weighted by atomic mass is 35.5. The third kappa shape index (κ3) is 5.02. The number of nitrogens with one attached hydrogen (secondary N) is 1. The molecule has 1 unspecified atom stereocenters. The van der Waals surface area contributed by atoms with Gasteiger partial charge in [-0.05, 0) is 44.0 Å². The van der Waals surface area contributed by atoms with Gasteiger partial charge in [0.25, 0.3) is 5.91 Å². The molecule has 1 heterocycles. The van der Waals surface area contributed by atoms with Crippen LogP contribution < -0.4 is 5.32 Å². The molecule has 0 bridgehead atoms. The molecule has 8 heteroatoms. The topological polar surface area (TPSA) is 69.7 Å². The van der Waals surface area contributed by atoms with Crippen LogP contribution >= 0.6 is 12.4 Å². The number of hydrogen-bond donors (Lipinski definition) is 1. The molecule has 27 heavy (non-hydrogen) atoms. The van der Waals surface area contributed by atoms with E-state index in [1.165, 1.54) is 10.7 Å². The van der Waals surface area contributed by atoms with Gasteiger partial charge in [-0.1, -0.05) is 19.3 Å². The molecule has 0 spiro atoms. The number of carbonyl (C=O) groups excluding carboxylic acids is 1. The third-order valence-corrected chi connectivity index (χ3v) is 7.45. The van der Waals surface area contributed by atoms with Crippen molar-refractivity contribution in [2.24, 2.45) is 0 Å². The molecule has 1 saturated heterocycles. The molecule has 1 aromatic rings. The maximum Gasteiger partial charge on any atom is 0.253 e. The minimum atomic E-state index is -3.52. The molecule has 2 fully saturated rings. The second-order valence-corrected chi connectivity index (χ2v) is 9.44. The Kier molecular flexibility index (Phi) is 7.68. The fourth-order valence-corrected chi connectivity index (χ4v) is 5.29. The summed E-state index contributed by atoms with van der Waals surface area (Å²) in [5, 5.41) is 3.31. The van der Waals surface area contributed by atoms with Gasteiger partial charge in [0.05, 0.1) is 4.90 Å². The Morgan fingerprint density at radius 3 is 2.37 bits per heavy atom.